The topological polar surface area (TPSA) is 85.4 Å². The highest BCUT2D eigenvalue weighted by molar-refractivity contribution is 5.89. The van der Waals surface area contributed by atoms with Gasteiger partial charge in [0.25, 0.3) is 0 Å². The Balaban J connectivity index is 1.55. The monoisotopic (exact) mass is 343 g/mol. The molecule has 1 saturated heterocycles. The number of hydrogen-bond donors (Lipinski definition) is 3. The van der Waals surface area contributed by atoms with Crippen molar-refractivity contribution in [2.45, 2.75) is 39.2 Å². The van der Waals surface area contributed by atoms with Gasteiger partial charge in [0, 0.05) is 48.2 Å². The largest absolute Gasteiger partial charge is 0.508 e. The number of fused-ring (bicyclic) bond motifs is 1. The Bertz CT molecular complexity index is 804. The Morgan fingerprint density at radius 2 is 2.16 bits per heavy atom. The van der Waals surface area contributed by atoms with E-state index < -0.39 is 0 Å². The standard InChI is InChI=1S/C19H25N3O3/c1-19(2,3)22-11-13(8-17(22)24)18(25)20-7-6-12-10-21-16-9-14(23)4-5-15(12)16/h4-5,9-10,13,21,23H,6-8,11H2,1-3H3,(H,20,25). The maximum absolute atomic E-state index is 12.4. The third-order valence-electron chi connectivity index (χ3n) is 4.75. The number of aromatic hydroxyl groups is 1. The summed E-state index contributed by atoms with van der Waals surface area (Å²) in [5.41, 5.74) is 1.72. The number of aromatic nitrogens is 1. The third-order valence-corrected chi connectivity index (χ3v) is 4.75. The van der Waals surface area contributed by atoms with E-state index in [1.54, 1.807) is 17.0 Å². The first-order valence-corrected chi connectivity index (χ1v) is 8.63. The molecule has 1 aromatic carbocycles. The van der Waals surface area contributed by atoms with Crippen LogP contribution in [-0.2, 0) is 16.0 Å². The van der Waals surface area contributed by atoms with Crippen LogP contribution in [0.1, 0.15) is 32.8 Å². The van der Waals surface area contributed by atoms with Gasteiger partial charge in [-0.2, -0.15) is 0 Å². The summed E-state index contributed by atoms with van der Waals surface area (Å²) in [6.45, 7) is 6.97. The normalized spacial score (nSPS) is 18.1. The van der Waals surface area contributed by atoms with Crippen molar-refractivity contribution in [3.63, 3.8) is 0 Å². The van der Waals surface area contributed by atoms with Gasteiger partial charge >= 0.3 is 0 Å². The van der Waals surface area contributed by atoms with Crippen molar-refractivity contribution in [1.82, 2.24) is 15.2 Å². The second kappa shape index (κ2) is 6.43. The molecule has 3 N–H and O–H groups in total. The summed E-state index contributed by atoms with van der Waals surface area (Å²) in [6, 6.07) is 5.21. The first kappa shape index (κ1) is 17.3. The van der Waals surface area contributed by atoms with Crippen LogP contribution in [0.25, 0.3) is 10.9 Å². The van der Waals surface area contributed by atoms with Gasteiger partial charge in [-0.15, -0.1) is 0 Å². The minimum Gasteiger partial charge on any atom is -0.508 e. The summed E-state index contributed by atoms with van der Waals surface area (Å²) >= 11 is 0. The van der Waals surface area contributed by atoms with E-state index in [0.717, 1.165) is 16.5 Å². The van der Waals surface area contributed by atoms with Crippen molar-refractivity contribution >= 4 is 22.7 Å². The van der Waals surface area contributed by atoms with Crippen LogP contribution < -0.4 is 5.32 Å². The first-order valence-electron chi connectivity index (χ1n) is 8.63. The van der Waals surface area contributed by atoms with E-state index in [0.29, 0.717) is 19.5 Å². The van der Waals surface area contributed by atoms with E-state index in [9.17, 15) is 14.7 Å². The van der Waals surface area contributed by atoms with Crippen LogP contribution in [0, 0.1) is 5.92 Å². The molecule has 6 nitrogen and oxygen atoms in total. The second-order valence-electron chi connectivity index (χ2n) is 7.66. The molecule has 2 aromatic rings. The Kier molecular flexibility index (Phi) is 4.45. The number of benzene rings is 1. The summed E-state index contributed by atoms with van der Waals surface area (Å²) in [7, 11) is 0. The molecule has 0 radical (unpaired) electrons. The number of nitrogens with one attached hydrogen (secondary N) is 2. The highest BCUT2D eigenvalue weighted by Crippen LogP contribution is 2.26. The summed E-state index contributed by atoms with van der Waals surface area (Å²) in [5, 5.41) is 13.5. The first-order chi connectivity index (χ1) is 11.8. The van der Waals surface area contributed by atoms with Crippen molar-refractivity contribution in [2.24, 2.45) is 5.92 Å². The molecular formula is C19H25N3O3. The molecule has 1 aliphatic heterocycles. The fraction of sp³-hybridized carbons (Fsp3) is 0.474. The van der Waals surface area contributed by atoms with Crippen molar-refractivity contribution in [3.05, 3.63) is 30.0 Å². The van der Waals surface area contributed by atoms with Crippen LogP contribution in [0.2, 0.25) is 0 Å². The second-order valence-corrected chi connectivity index (χ2v) is 7.66. The molecular weight excluding hydrogens is 318 g/mol. The molecule has 0 spiro atoms. The van der Waals surface area contributed by atoms with E-state index in [1.165, 1.54) is 0 Å². The van der Waals surface area contributed by atoms with E-state index in [1.807, 2.05) is 33.0 Å². The Labute approximate surface area is 147 Å². The van der Waals surface area contributed by atoms with Gasteiger partial charge in [0.1, 0.15) is 5.75 Å². The van der Waals surface area contributed by atoms with Crippen LogP contribution in [0.3, 0.4) is 0 Å². The highest BCUT2D eigenvalue weighted by Gasteiger charge is 2.39. The summed E-state index contributed by atoms with van der Waals surface area (Å²) < 4.78 is 0. The van der Waals surface area contributed by atoms with Gasteiger partial charge in [0.15, 0.2) is 0 Å². The number of H-pyrrole nitrogens is 1. The number of carbonyl (C=O) groups is 2. The van der Waals surface area contributed by atoms with Crippen molar-refractivity contribution in [1.29, 1.82) is 0 Å². The molecule has 1 fully saturated rings. The maximum Gasteiger partial charge on any atom is 0.225 e. The SMILES string of the molecule is CC(C)(C)N1CC(C(=O)NCCc2c[nH]c3cc(O)ccc23)CC1=O. The van der Waals surface area contributed by atoms with E-state index in [2.05, 4.69) is 10.3 Å². The summed E-state index contributed by atoms with van der Waals surface area (Å²) in [6.07, 6.45) is 2.88. The van der Waals surface area contributed by atoms with E-state index >= 15 is 0 Å². The lowest BCUT2D eigenvalue weighted by Crippen LogP contribution is -2.43. The van der Waals surface area contributed by atoms with Crippen LogP contribution in [0.5, 0.6) is 5.75 Å². The fourth-order valence-corrected chi connectivity index (χ4v) is 3.38. The smallest absolute Gasteiger partial charge is 0.225 e. The lowest BCUT2D eigenvalue weighted by Gasteiger charge is -2.31. The number of rotatable bonds is 4. The van der Waals surface area contributed by atoms with Crippen LogP contribution in [0.15, 0.2) is 24.4 Å². The number of phenols is 1. The Hall–Kier alpha value is -2.50. The molecule has 25 heavy (non-hydrogen) atoms. The molecule has 2 amide bonds. The van der Waals surface area contributed by atoms with Crippen LogP contribution in [0.4, 0.5) is 0 Å². The molecule has 6 heteroatoms. The molecule has 134 valence electrons. The zero-order valence-corrected chi connectivity index (χ0v) is 14.9. The van der Waals surface area contributed by atoms with Crippen molar-refractivity contribution in [3.8, 4) is 5.75 Å². The van der Waals surface area contributed by atoms with Gasteiger partial charge in [-0.25, -0.2) is 0 Å². The predicted octanol–water partition coefficient (Wildman–Crippen LogP) is 2.18. The summed E-state index contributed by atoms with van der Waals surface area (Å²) in [4.78, 5) is 29.4. The number of phenolic OH excluding ortho intramolecular Hbond substituents is 1. The zero-order valence-electron chi connectivity index (χ0n) is 14.9. The minimum atomic E-state index is -0.272. The third kappa shape index (κ3) is 3.62. The Morgan fingerprint density at radius 1 is 1.40 bits per heavy atom. The Morgan fingerprint density at radius 3 is 2.84 bits per heavy atom. The molecule has 1 atom stereocenters. The zero-order chi connectivity index (χ0) is 18.2. The maximum atomic E-state index is 12.4. The fourth-order valence-electron chi connectivity index (χ4n) is 3.38. The number of carbonyl (C=O) groups excluding carboxylic acids is 2. The van der Waals surface area contributed by atoms with Gasteiger partial charge in [0.2, 0.25) is 11.8 Å². The number of nitrogens with zero attached hydrogens (tertiary/aromatic N) is 1. The predicted molar refractivity (Wildman–Crippen MR) is 96.3 cm³/mol. The van der Waals surface area contributed by atoms with Crippen LogP contribution in [-0.4, -0.2) is 45.4 Å². The average molecular weight is 343 g/mol. The van der Waals surface area contributed by atoms with Gasteiger partial charge < -0.3 is 20.3 Å². The molecule has 0 saturated carbocycles. The van der Waals surface area contributed by atoms with E-state index in [4.69, 9.17) is 0 Å². The average Bonchev–Trinajstić information content (AvgIpc) is 3.10. The molecule has 0 bridgehead atoms. The molecule has 0 aliphatic carbocycles. The molecule has 3 rings (SSSR count). The lowest BCUT2D eigenvalue weighted by atomic mass is 10.1. The van der Waals surface area contributed by atoms with Gasteiger partial charge in [-0.1, -0.05) is 0 Å². The molecule has 1 aliphatic rings. The van der Waals surface area contributed by atoms with Gasteiger partial charge in [-0.3, -0.25) is 9.59 Å². The van der Waals surface area contributed by atoms with E-state index in [-0.39, 0.29) is 35.4 Å². The number of aromatic amines is 1. The van der Waals surface area contributed by atoms with Crippen molar-refractivity contribution < 1.29 is 14.7 Å². The number of likely N-dealkylation sites (tertiary alicyclic amines) is 1. The highest BCUT2D eigenvalue weighted by atomic mass is 16.3. The molecule has 1 aromatic heterocycles. The number of amides is 2. The molecule has 2 heterocycles. The quantitative estimate of drug-likeness (QED) is 0.795. The molecule has 1 unspecified atom stereocenters. The number of hydrogen-bond acceptors (Lipinski definition) is 3. The lowest BCUT2D eigenvalue weighted by molar-refractivity contribution is -0.132. The summed E-state index contributed by atoms with van der Waals surface area (Å²) in [5.74, 6) is -0.0585. The van der Waals surface area contributed by atoms with Gasteiger partial charge in [-0.05, 0) is 44.9 Å². The van der Waals surface area contributed by atoms with Gasteiger partial charge in [0.05, 0.1) is 5.92 Å². The van der Waals surface area contributed by atoms with Crippen LogP contribution >= 0.6 is 0 Å². The van der Waals surface area contributed by atoms with Crippen molar-refractivity contribution in [2.75, 3.05) is 13.1 Å². The minimum absolute atomic E-state index is 0.0455.